The van der Waals surface area contributed by atoms with Gasteiger partial charge >= 0.3 is 5.69 Å². The molecule has 0 bridgehead atoms. The number of hydrogen-bond acceptors (Lipinski definition) is 7. The summed E-state index contributed by atoms with van der Waals surface area (Å²) in [6.07, 6.45) is 1.33. The minimum absolute atomic E-state index is 0.0913. The Labute approximate surface area is 110 Å². The van der Waals surface area contributed by atoms with E-state index < -0.39 is 4.92 Å². The van der Waals surface area contributed by atoms with Crippen LogP contribution in [0.3, 0.4) is 0 Å². The lowest BCUT2D eigenvalue weighted by atomic mass is 10.4. The molecule has 104 valence electrons. The van der Waals surface area contributed by atoms with Gasteiger partial charge in [0.15, 0.2) is 0 Å². The Morgan fingerprint density at radius 3 is 2.84 bits per heavy atom. The number of carbonyl (C=O) groups is 1. The standard InChI is InChI=1S/C10H16N6O3/c1-3-12-8(17)4-5-13-9-7(16(18)19)6-14-10(11-2)15-9/h6H,3-5H2,1-2H3,(H,12,17)(H2,11,13,14,15). The lowest BCUT2D eigenvalue weighted by Crippen LogP contribution is -2.25. The van der Waals surface area contributed by atoms with Gasteiger partial charge in [0.1, 0.15) is 6.20 Å². The topological polar surface area (TPSA) is 122 Å². The van der Waals surface area contributed by atoms with Crippen molar-refractivity contribution in [2.45, 2.75) is 13.3 Å². The van der Waals surface area contributed by atoms with Crippen molar-refractivity contribution in [1.29, 1.82) is 0 Å². The zero-order valence-corrected chi connectivity index (χ0v) is 10.8. The number of carbonyl (C=O) groups excluding carboxylic acids is 1. The lowest BCUT2D eigenvalue weighted by molar-refractivity contribution is -0.384. The molecule has 1 heterocycles. The van der Waals surface area contributed by atoms with Gasteiger partial charge in [0.2, 0.25) is 17.7 Å². The van der Waals surface area contributed by atoms with Crippen molar-refractivity contribution < 1.29 is 9.72 Å². The van der Waals surface area contributed by atoms with Crippen molar-refractivity contribution in [3.8, 4) is 0 Å². The molecule has 19 heavy (non-hydrogen) atoms. The van der Waals surface area contributed by atoms with Crippen molar-refractivity contribution in [3.63, 3.8) is 0 Å². The van der Waals surface area contributed by atoms with Crippen molar-refractivity contribution >= 4 is 23.4 Å². The van der Waals surface area contributed by atoms with Crippen LogP contribution in [0.1, 0.15) is 13.3 Å². The van der Waals surface area contributed by atoms with Crippen molar-refractivity contribution in [2.75, 3.05) is 30.8 Å². The maximum absolute atomic E-state index is 11.2. The van der Waals surface area contributed by atoms with Crippen molar-refractivity contribution in [3.05, 3.63) is 16.3 Å². The summed E-state index contributed by atoms with van der Waals surface area (Å²) in [7, 11) is 1.61. The van der Waals surface area contributed by atoms with E-state index in [0.29, 0.717) is 6.54 Å². The predicted octanol–water partition coefficient (Wildman–Crippen LogP) is 0.365. The summed E-state index contributed by atoms with van der Waals surface area (Å²) in [5.74, 6) is 0.236. The summed E-state index contributed by atoms with van der Waals surface area (Å²) in [4.78, 5) is 29.2. The van der Waals surface area contributed by atoms with Crippen LogP contribution in [0.2, 0.25) is 0 Å². The third-order valence-corrected chi connectivity index (χ3v) is 2.21. The SMILES string of the molecule is CCNC(=O)CCNc1nc(NC)ncc1[N+](=O)[O-]. The Hall–Kier alpha value is -2.45. The van der Waals surface area contributed by atoms with Crippen LogP contribution in [0, 0.1) is 10.1 Å². The van der Waals surface area contributed by atoms with Gasteiger partial charge < -0.3 is 16.0 Å². The van der Waals surface area contributed by atoms with Crippen LogP contribution in [0.15, 0.2) is 6.20 Å². The van der Waals surface area contributed by atoms with Crippen LogP contribution >= 0.6 is 0 Å². The molecule has 0 unspecified atom stereocenters. The van der Waals surface area contributed by atoms with Crippen molar-refractivity contribution in [2.24, 2.45) is 0 Å². The molecule has 3 N–H and O–H groups in total. The third kappa shape index (κ3) is 4.37. The van der Waals surface area contributed by atoms with E-state index in [0.717, 1.165) is 6.20 Å². The Kier molecular flexibility index (Phi) is 5.45. The van der Waals surface area contributed by atoms with E-state index in [1.165, 1.54) is 0 Å². The molecule has 1 amide bonds. The summed E-state index contributed by atoms with van der Waals surface area (Å²) in [6.45, 7) is 2.63. The number of aromatic nitrogens is 2. The van der Waals surface area contributed by atoms with E-state index in [1.54, 1.807) is 7.05 Å². The summed E-state index contributed by atoms with van der Waals surface area (Å²) in [5, 5.41) is 18.9. The first kappa shape index (κ1) is 14.6. The fourth-order valence-electron chi connectivity index (χ4n) is 1.34. The lowest BCUT2D eigenvalue weighted by Gasteiger charge is -2.07. The average Bonchev–Trinajstić information content (AvgIpc) is 2.38. The van der Waals surface area contributed by atoms with Gasteiger partial charge in [0.25, 0.3) is 0 Å². The molecule has 1 rings (SSSR count). The number of nitrogens with zero attached hydrogens (tertiary/aromatic N) is 3. The molecule has 9 heteroatoms. The minimum atomic E-state index is -0.576. The molecule has 0 aliphatic carbocycles. The van der Waals surface area contributed by atoms with Gasteiger partial charge in [-0.05, 0) is 6.92 Å². The van der Waals surface area contributed by atoms with Gasteiger partial charge in [-0.25, -0.2) is 4.98 Å². The quantitative estimate of drug-likeness (QED) is 0.482. The Morgan fingerprint density at radius 1 is 1.53 bits per heavy atom. The average molecular weight is 268 g/mol. The van der Waals surface area contributed by atoms with Crippen LogP contribution in [-0.4, -0.2) is 40.9 Å². The third-order valence-electron chi connectivity index (χ3n) is 2.21. The van der Waals surface area contributed by atoms with Gasteiger partial charge in [0, 0.05) is 26.6 Å². The highest BCUT2D eigenvalue weighted by Gasteiger charge is 2.16. The first-order valence-electron chi connectivity index (χ1n) is 5.78. The second-order valence-corrected chi connectivity index (χ2v) is 3.56. The smallest absolute Gasteiger partial charge is 0.329 e. The molecule has 0 aliphatic heterocycles. The number of hydrogen-bond donors (Lipinski definition) is 3. The molecule has 0 aromatic carbocycles. The van der Waals surface area contributed by atoms with E-state index in [9.17, 15) is 14.9 Å². The number of anilines is 2. The Bertz CT molecular complexity index is 465. The van der Waals surface area contributed by atoms with E-state index in [1.807, 2.05) is 6.92 Å². The number of rotatable bonds is 7. The summed E-state index contributed by atoms with van der Waals surface area (Å²) in [5.41, 5.74) is -0.227. The molecule has 0 spiro atoms. The number of nitro groups is 1. The van der Waals surface area contributed by atoms with Gasteiger partial charge in [0.05, 0.1) is 4.92 Å². The highest BCUT2D eigenvalue weighted by Crippen LogP contribution is 2.21. The van der Waals surface area contributed by atoms with Crippen LogP contribution in [0.5, 0.6) is 0 Å². The maximum atomic E-state index is 11.2. The van der Waals surface area contributed by atoms with Gasteiger partial charge in [-0.3, -0.25) is 14.9 Å². The van der Waals surface area contributed by atoms with Crippen LogP contribution in [-0.2, 0) is 4.79 Å². The summed E-state index contributed by atoms with van der Waals surface area (Å²) >= 11 is 0. The molecule has 0 radical (unpaired) electrons. The first-order chi connectivity index (χ1) is 9.08. The largest absolute Gasteiger partial charge is 0.364 e. The van der Waals surface area contributed by atoms with Gasteiger partial charge in [-0.1, -0.05) is 0 Å². The molecular weight excluding hydrogens is 252 g/mol. The Morgan fingerprint density at radius 2 is 2.26 bits per heavy atom. The van der Waals surface area contributed by atoms with E-state index in [-0.39, 0.29) is 36.3 Å². The molecule has 9 nitrogen and oxygen atoms in total. The Balaban J connectivity index is 2.69. The molecule has 0 aliphatic rings. The second kappa shape index (κ2) is 7.09. The molecular formula is C10H16N6O3. The molecule has 0 saturated heterocycles. The van der Waals surface area contributed by atoms with E-state index in [2.05, 4.69) is 25.9 Å². The summed E-state index contributed by atoms with van der Waals surface area (Å²) < 4.78 is 0. The molecule has 0 saturated carbocycles. The molecule has 1 aromatic rings. The van der Waals surface area contributed by atoms with Crippen LogP contribution < -0.4 is 16.0 Å². The molecule has 0 fully saturated rings. The second-order valence-electron chi connectivity index (χ2n) is 3.56. The monoisotopic (exact) mass is 268 g/mol. The zero-order valence-electron chi connectivity index (χ0n) is 10.8. The van der Waals surface area contributed by atoms with Crippen molar-refractivity contribution in [1.82, 2.24) is 15.3 Å². The number of amides is 1. The van der Waals surface area contributed by atoms with Gasteiger partial charge in [-0.15, -0.1) is 0 Å². The normalized spacial score (nSPS) is 9.79. The predicted molar refractivity (Wildman–Crippen MR) is 70.0 cm³/mol. The summed E-state index contributed by atoms with van der Waals surface area (Å²) in [6, 6.07) is 0. The van der Waals surface area contributed by atoms with Crippen LogP contribution in [0.25, 0.3) is 0 Å². The minimum Gasteiger partial charge on any atom is -0.364 e. The maximum Gasteiger partial charge on any atom is 0.329 e. The van der Waals surface area contributed by atoms with Crippen LogP contribution in [0.4, 0.5) is 17.5 Å². The van der Waals surface area contributed by atoms with E-state index in [4.69, 9.17) is 0 Å². The highest BCUT2D eigenvalue weighted by atomic mass is 16.6. The fraction of sp³-hybridized carbons (Fsp3) is 0.500. The first-order valence-corrected chi connectivity index (χ1v) is 5.78. The number of nitrogens with one attached hydrogen (secondary N) is 3. The highest BCUT2D eigenvalue weighted by molar-refractivity contribution is 5.76. The molecule has 1 aromatic heterocycles. The van der Waals surface area contributed by atoms with Gasteiger partial charge in [-0.2, -0.15) is 4.98 Å². The zero-order chi connectivity index (χ0) is 14.3. The fourth-order valence-corrected chi connectivity index (χ4v) is 1.34. The molecule has 0 atom stereocenters. The van der Waals surface area contributed by atoms with E-state index >= 15 is 0 Å².